The van der Waals surface area contributed by atoms with E-state index >= 15 is 0 Å². The molecule has 0 bridgehead atoms. The lowest BCUT2D eigenvalue weighted by molar-refractivity contribution is 0.429. The first-order chi connectivity index (χ1) is 6.13. The minimum absolute atomic E-state index is 0.784. The zero-order valence-corrected chi connectivity index (χ0v) is 10.2. The Bertz CT molecular complexity index is 105. The molecule has 13 heavy (non-hydrogen) atoms. The average Bonchev–Trinajstić information content (AvgIpc) is 2.11. The van der Waals surface area contributed by atoms with Gasteiger partial charge in [-0.1, -0.05) is 60.3 Å². The molecule has 1 atom stereocenters. The van der Waals surface area contributed by atoms with Gasteiger partial charge < -0.3 is 0 Å². The van der Waals surface area contributed by atoms with Crippen LogP contribution in [0.3, 0.4) is 0 Å². The van der Waals surface area contributed by atoms with Gasteiger partial charge in [0.05, 0.1) is 0 Å². The van der Waals surface area contributed by atoms with Gasteiger partial charge in [-0.05, 0) is 24.2 Å². The van der Waals surface area contributed by atoms with Gasteiger partial charge in [0.1, 0.15) is 0 Å². The zero-order chi connectivity index (χ0) is 10.3. The van der Waals surface area contributed by atoms with Gasteiger partial charge in [-0.2, -0.15) is 0 Å². The second-order valence-corrected chi connectivity index (χ2v) is 4.50. The second kappa shape index (κ2) is 7.41. The molecular weight excluding hydrogens is 156 g/mol. The van der Waals surface area contributed by atoms with Crippen molar-refractivity contribution >= 4 is 0 Å². The monoisotopic (exact) mass is 183 g/mol. The maximum Gasteiger partial charge on any atom is -0.0187 e. The third-order valence-corrected chi connectivity index (χ3v) is 3.06. The Labute approximate surface area is 85.1 Å². The molecule has 0 aliphatic carbocycles. The lowest BCUT2D eigenvalue weighted by atomic mass is 9.79. The topological polar surface area (TPSA) is 0 Å². The predicted octanol–water partition coefficient (Wildman–Crippen LogP) is 4.84. The van der Waals surface area contributed by atoms with Gasteiger partial charge in [-0.15, -0.1) is 0 Å². The largest absolute Gasteiger partial charge is 0.0654 e. The van der Waals surface area contributed by atoms with Gasteiger partial charge in [0.15, 0.2) is 0 Å². The van der Waals surface area contributed by atoms with Crippen LogP contribution in [0.25, 0.3) is 0 Å². The fourth-order valence-electron chi connectivity index (χ4n) is 1.95. The van der Waals surface area contributed by atoms with Crippen molar-refractivity contribution in [1.82, 2.24) is 0 Å². The molecule has 0 aliphatic heterocycles. The lowest BCUT2D eigenvalue weighted by Gasteiger charge is -2.26. The van der Waals surface area contributed by atoms with Crippen LogP contribution in [0, 0.1) is 17.8 Å². The van der Waals surface area contributed by atoms with Crippen LogP contribution >= 0.6 is 0 Å². The highest BCUT2D eigenvalue weighted by atomic mass is 14.2. The van der Waals surface area contributed by atoms with E-state index in [9.17, 15) is 0 Å². The van der Waals surface area contributed by atoms with Gasteiger partial charge >= 0.3 is 0 Å². The highest BCUT2D eigenvalue weighted by molar-refractivity contribution is 4.96. The van der Waals surface area contributed by atoms with Crippen molar-refractivity contribution in [3.05, 3.63) is 5.92 Å². The number of unbranched alkanes of at least 4 members (excludes halogenated alkanes) is 2. The van der Waals surface area contributed by atoms with Crippen molar-refractivity contribution in [2.24, 2.45) is 11.8 Å². The summed E-state index contributed by atoms with van der Waals surface area (Å²) in [6, 6.07) is 0. The molecule has 0 heterocycles. The van der Waals surface area contributed by atoms with Crippen LogP contribution in [0.1, 0.15) is 66.7 Å². The molecule has 0 rings (SSSR count). The van der Waals surface area contributed by atoms with Crippen LogP contribution in [-0.2, 0) is 0 Å². The predicted molar refractivity (Wildman–Crippen MR) is 61.7 cm³/mol. The summed E-state index contributed by atoms with van der Waals surface area (Å²) < 4.78 is 0. The third-order valence-electron chi connectivity index (χ3n) is 3.06. The first-order valence-electron chi connectivity index (χ1n) is 5.99. The van der Waals surface area contributed by atoms with Crippen molar-refractivity contribution in [3.63, 3.8) is 0 Å². The van der Waals surface area contributed by atoms with Crippen LogP contribution in [0.15, 0.2) is 0 Å². The highest BCUT2D eigenvalue weighted by Crippen LogP contribution is 2.30. The number of hydrogen-bond acceptors (Lipinski definition) is 0. The molecule has 1 radical (unpaired) electrons. The van der Waals surface area contributed by atoms with Gasteiger partial charge in [-0.25, -0.2) is 0 Å². The quantitative estimate of drug-likeness (QED) is 0.495. The molecule has 0 aromatic rings. The molecule has 0 spiro atoms. The van der Waals surface area contributed by atoms with Gasteiger partial charge in [0.25, 0.3) is 0 Å². The van der Waals surface area contributed by atoms with E-state index in [2.05, 4.69) is 34.6 Å². The molecule has 0 aromatic heterocycles. The first kappa shape index (κ1) is 13.0. The molecule has 0 N–H and O–H groups in total. The van der Waals surface area contributed by atoms with E-state index < -0.39 is 0 Å². The summed E-state index contributed by atoms with van der Waals surface area (Å²) in [5.41, 5.74) is 0. The molecule has 0 amide bonds. The lowest BCUT2D eigenvalue weighted by Crippen LogP contribution is -2.14. The van der Waals surface area contributed by atoms with Crippen LogP contribution < -0.4 is 0 Å². The van der Waals surface area contributed by atoms with Crippen molar-refractivity contribution in [1.29, 1.82) is 0 Å². The maximum atomic E-state index is 2.38. The molecule has 0 aliphatic rings. The summed E-state index contributed by atoms with van der Waals surface area (Å²) in [4.78, 5) is 0. The Hall–Kier alpha value is 0. The Morgan fingerprint density at radius 1 is 1.00 bits per heavy atom. The Balaban J connectivity index is 3.80. The number of rotatable bonds is 7. The third kappa shape index (κ3) is 5.33. The van der Waals surface area contributed by atoms with Crippen molar-refractivity contribution < 1.29 is 0 Å². The van der Waals surface area contributed by atoms with Gasteiger partial charge in [0, 0.05) is 0 Å². The summed E-state index contributed by atoms with van der Waals surface area (Å²) >= 11 is 0. The second-order valence-electron chi connectivity index (χ2n) is 4.50. The molecule has 0 aromatic carbocycles. The smallest absolute Gasteiger partial charge is 0.0187 e. The van der Waals surface area contributed by atoms with Crippen LogP contribution in [0.2, 0.25) is 0 Å². The summed E-state index contributed by atoms with van der Waals surface area (Å²) in [6.45, 7) is 11.6. The van der Waals surface area contributed by atoms with E-state index in [1.54, 1.807) is 5.92 Å². The van der Waals surface area contributed by atoms with E-state index in [0.717, 1.165) is 11.8 Å². The van der Waals surface area contributed by atoms with Crippen LogP contribution in [-0.4, -0.2) is 0 Å². The normalized spacial score (nSPS) is 14.1. The molecular formula is C13H27. The highest BCUT2D eigenvalue weighted by Gasteiger charge is 2.19. The van der Waals surface area contributed by atoms with E-state index in [0.29, 0.717) is 0 Å². The zero-order valence-electron chi connectivity index (χ0n) is 10.2. The van der Waals surface area contributed by atoms with Crippen molar-refractivity contribution in [2.75, 3.05) is 0 Å². The standard InChI is InChI=1S/C13H27/c1-6-8-9-10-13(11(3)4)12(5)7-2/h11-12H,6-10H2,1-5H3. The van der Waals surface area contributed by atoms with Crippen molar-refractivity contribution in [2.45, 2.75) is 66.7 Å². The van der Waals surface area contributed by atoms with Crippen LogP contribution in [0.5, 0.6) is 0 Å². The molecule has 1 unspecified atom stereocenters. The summed E-state index contributed by atoms with van der Waals surface area (Å²) in [5, 5.41) is 0. The molecule has 0 saturated carbocycles. The Morgan fingerprint density at radius 3 is 2.00 bits per heavy atom. The average molecular weight is 183 g/mol. The molecule has 79 valence electrons. The van der Waals surface area contributed by atoms with E-state index in [-0.39, 0.29) is 0 Å². The van der Waals surface area contributed by atoms with Crippen molar-refractivity contribution in [3.8, 4) is 0 Å². The maximum absolute atomic E-state index is 2.38. The molecule has 0 nitrogen and oxygen atoms in total. The summed E-state index contributed by atoms with van der Waals surface area (Å²) in [5.74, 6) is 3.40. The van der Waals surface area contributed by atoms with Gasteiger partial charge in [0.2, 0.25) is 0 Å². The van der Waals surface area contributed by atoms with E-state index in [1.165, 1.54) is 32.1 Å². The van der Waals surface area contributed by atoms with E-state index in [4.69, 9.17) is 0 Å². The number of hydrogen-bond donors (Lipinski definition) is 0. The fourth-order valence-corrected chi connectivity index (χ4v) is 1.95. The first-order valence-corrected chi connectivity index (χ1v) is 5.99. The molecule has 0 saturated heterocycles. The Morgan fingerprint density at radius 2 is 1.62 bits per heavy atom. The van der Waals surface area contributed by atoms with Gasteiger partial charge in [-0.3, -0.25) is 0 Å². The molecule has 0 heteroatoms. The van der Waals surface area contributed by atoms with Crippen LogP contribution in [0.4, 0.5) is 0 Å². The molecule has 0 fully saturated rings. The minimum atomic E-state index is 0.784. The Kier molecular flexibility index (Phi) is 7.41. The SMILES string of the molecule is CCCCC[C](C(C)C)C(C)CC. The summed E-state index contributed by atoms with van der Waals surface area (Å²) in [7, 11) is 0. The minimum Gasteiger partial charge on any atom is -0.0654 e. The fraction of sp³-hybridized carbons (Fsp3) is 0.923. The van der Waals surface area contributed by atoms with E-state index in [1.807, 2.05) is 0 Å². The summed E-state index contributed by atoms with van der Waals surface area (Å²) in [6.07, 6.45) is 6.80.